The first kappa shape index (κ1) is 22.6. The van der Waals surface area contributed by atoms with Crippen molar-refractivity contribution in [2.75, 3.05) is 38.8 Å². The van der Waals surface area contributed by atoms with Gasteiger partial charge in [-0.15, -0.1) is 0 Å². The summed E-state index contributed by atoms with van der Waals surface area (Å²) in [7, 11) is 5.63. The highest BCUT2D eigenvalue weighted by atomic mass is 32.2. The lowest BCUT2D eigenvalue weighted by Crippen LogP contribution is -2.37. The number of nitrogens with one attached hydrogen (secondary N) is 2. The molecule has 2 N–H and O–H groups in total. The molecule has 1 aliphatic carbocycles. The summed E-state index contributed by atoms with van der Waals surface area (Å²) >= 11 is 1.51. The number of carbonyl (C=O) groups excluding carboxylic acids is 1. The fourth-order valence-corrected chi connectivity index (χ4v) is 5.47. The van der Waals surface area contributed by atoms with Crippen molar-refractivity contribution in [1.82, 2.24) is 14.9 Å². The summed E-state index contributed by atoms with van der Waals surface area (Å²) < 4.78 is 5.61. The minimum Gasteiger partial charge on any atom is -0.496 e. The van der Waals surface area contributed by atoms with Gasteiger partial charge in [0.1, 0.15) is 11.6 Å². The molecule has 2 heterocycles. The summed E-state index contributed by atoms with van der Waals surface area (Å²) in [6, 6.07) is 7.58. The van der Waals surface area contributed by atoms with Gasteiger partial charge in [-0.3, -0.25) is 9.59 Å². The predicted molar refractivity (Wildman–Crippen MR) is 128 cm³/mol. The van der Waals surface area contributed by atoms with Crippen LogP contribution < -0.4 is 15.6 Å². The number of hydrogen-bond donors (Lipinski definition) is 2. The predicted octanol–water partition coefficient (Wildman–Crippen LogP) is 3.63. The molecular weight excluding hydrogens is 424 g/mol. The van der Waals surface area contributed by atoms with Crippen LogP contribution in [0.15, 0.2) is 45.5 Å². The maximum Gasteiger partial charge on any atom is 0.257 e. The van der Waals surface area contributed by atoms with Gasteiger partial charge in [-0.25, -0.2) is 4.98 Å². The molecule has 0 saturated carbocycles. The molecule has 1 aliphatic heterocycles. The van der Waals surface area contributed by atoms with Crippen molar-refractivity contribution >= 4 is 23.4 Å². The normalized spacial score (nSPS) is 19.4. The lowest BCUT2D eigenvalue weighted by Gasteiger charge is -2.38. The molecule has 0 unspecified atom stereocenters. The zero-order valence-corrected chi connectivity index (χ0v) is 20.1. The first-order valence-electron chi connectivity index (χ1n) is 10.8. The third-order valence-electron chi connectivity index (χ3n) is 5.93. The number of carbonyl (C=O) groups is 1. The molecule has 2 aromatic rings. The monoisotopic (exact) mass is 454 g/mol. The van der Waals surface area contributed by atoms with E-state index in [0.717, 1.165) is 30.0 Å². The number of aromatic amines is 1. The number of benzene rings is 1. The minimum atomic E-state index is -0.516. The Balaban J connectivity index is 1.86. The van der Waals surface area contributed by atoms with E-state index in [0.29, 0.717) is 34.3 Å². The van der Waals surface area contributed by atoms with E-state index in [4.69, 9.17) is 9.72 Å². The third-order valence-corrected chi connectivity index (χ3v) is 6.78. The van der Waals surface area contributed by atoms with Crippen molar-refractivity contribution in [3.8, 4) is 5.75 Å². The molecule has 8 heteroatoms. The van der Waals surface area contributed by atoms with Gasteiger partial charge >= 0.3 is 0 Å². The van der Waals surface area contributed by atoms with Gasteiger partial charge in [-0.05, 0) is 32.0 Å². The van der Waals surface area contributed by atoms with Crippen molar-refractivity contribution < 1.29 is 9.53 Å². The van der Waals surface area contributed by atoms with Crippen LogP contribution in [0.3, 0.4) is 0 Å². The van der Waals surface area contributed by atoms with Crippen LogP contribution in [-0.4, -0.2) is 54.2 Å². The zero-order valence-electron chi connectivity index (χ0n) is 19.2. The Morgan fingerprint density at radius 2 is 1.97 bits per heavy atom. The summed E-state index contributed by atoms with van der Waals surface area (Å²) in [5, 5.41) is 3.94. The van der Waals surface area contributed by atoms with E-state index in [2.05, 4.69) is 29.0 Å². The maximum atomic E-state index is 13.3. The highest BCUT2D eigenvalue weighted by Crippen LogP contribution is 2.49. The Hall–Kier alpha value is -2.58. The van der Waals surface area contributed by atoms with Gasteiger partial charge in [0.15, 0.2) is 10.9 Å². The van der Waals surface area contributed by atoms with E-state index in [1.807, 2.05) is 38.4 Å². The molecule has 0 radical (unpaired) electrons. The number of thioether (sulfide) groups is 1. The average molecular weight is 455 g/mol. The second-order valence-corrected chi connectivity index (χ2v) is 10.5. The molecule has 0 bridgehead atoms. The average Bonchev–Trinajstić information content (AvgIpc) is 2.71. The largest absolute Gasteiger partial charge is 0.496 e. The van der Waals surface area contributed by atoms with Crippen LogP contribution in [0, 0.1) is 5.41 Å². The Labute approximate surface area is 192 Å². The molecule has 7 nitrogen and oxygen atoms in total. The Morgan fingerprint density at radius 1 is 1.22 bits per heavy atom. The standard InChI is InChI=1S/C24H30N4O3S/c1-24(2)12-15-19(16(29)13-24)18(14-8-6-7-9-17(14)31-5)20-21(25-15)26-23(27-22(20)30)32-11-10-28(3)4/h6-9,18H,10-13H2,1-5H3,(H2,25,26,27,30)/t18-/m1/s1. The van der Waals surface area contributed by atoms with Crippen molar-refractivity contribution in [1.29, 1.82) is 0 Å². The van der Waals surface area contributed by atoms with Crippen LogP contribution in [0.25, 0.3) is 0 Å². The molecule has 1 atom stereocenters. The zero-order chi connectivity index (χ0) is 23.0. The minimum absolute atomic E-state index is 0.0640. The van der Waals surface area contributed by atoms with Gasteiger partial charge in [0, 0.05) is 35.6 Å². The molecule has 4 rings (SSSR count). The lowest BCUT2D eigenvalue weighted by molar-refractivity contribution is -0.118. The molecule has 170 valence electrons. The topological polar surface area (TPSA) is 87.3 Å². The Kier molecular flexibility index (Phi) is 6.18. The van der Waals surface area contributed by atoms with Crippen LogP contribution in [0.2, 0.25) is 0 Å². The second-order valence-electron chi connectivity index (χ2n) is 9.42. The maximum absolute atomic E-state index is 13.3. The molecular formula is C24H30N4O3S. The number of ether oxygens (including phenoxy) is 1. The molecule has 2 aliphatic rings. The molecule has 0 saturated heterocycles. The van der Waals surface area contributed by atoms with E-state index in [1.165, 1.54) is 11.8 Å². The van der Waals surface area contributed by atoms with Crippen LogP contribution in [0.4, 0.5) is 5.82 Å². The van der Waals surface area contributed by atoms with Crippen molar-refractivity contribution in [3.63, 3.8) is 0 Å². The number of Topliss-reactive ketones (excluding diaryl/α,β-unsaturated/α-hetero) is 1. The van der Waals surface area contributed by atoms with Crippen molar-refractivity contribution in [2.24, 2.45) is 5.41 Å². The van der Waals surface area contributed by atoms with Crippen LogP contribution >= 0.6 is 11.8 Å². The summed E-state index contributed by atoms with van der Waals surface area (Å²) in [4.78, 5) is 36.5. The number of allylic oxidation sites excluding steroid dienone is 2. The number of rotatable bonds is 6. The number of ketones is 1. The molecule has 32 heavy (non-hydrogen) atoms. The Bertz CT molecular complexity index is 1140. The number of H-pyrrole nitrogens is 1. The fraction of sp³-hybridized carbons (Fsp3) is 0.458. The van der Waals surface area contributed by atoms with Gasteiger partial charge in [0.25, 0.3) is 5.56 Å². The number of hydrogen-bond acceptors (Lipinski definition) is 7. The highest BCUT2D eigenvalue weighted by Gasteiger charge is 2.43. The molecule has 0 amide bonds. The SMILES string of the molecule is COc1ccccc1[C@@H]1C2=C(CC(C)(C)CC2=O)Nc2nc(SCCN(C)C)[nH]c(=O)c21. The molecule has 0 spiro atoms. The van der Waals surface area contributed by atoms with Crippen LogP contribution in [0.5, 0.6) is 5.75 Å². The smallest absolute Gasteiger partial charge is 0.257 e. The van der Waals surface area contributed by atoms with Gasteiger partial charge in [0.05, 0.1) is 18.6 Å². The van der Waals surface area contributed by atoms with Gasteiger partial charge < -0.3 is 19.9 Å². The molecule has 1 aromatic heterocycles. The van der Waals surface area contributed by atoms with E-state index >= 15 is 0 Å². The number of nitrogens with zero attached hydrogens (tertiary/aromatic N) is 2. The van der Waals surface area contributed by atoms with E-state index in [1.54, 1.807) is 7.11 Å². The number of para-hydroxylation sites is 1. The van der Waals surface area contributed by atoms with Crippen molar-refractivity contribution in [2.45, 2.75) is 37.8 Å². The van der Waals surface area contributed by atoms with E-state index < -0.39 is 5.92 Å². The second kappa shape index (κ2) is 8.75. The van der Waals surface area contributed by atoms with Gasteiger partial charge in [-0.2, -0.15) is 0 Å². The first-order valence-corrected chi connectivity index (χ1v) is 11.8. The van der Waals surface area contributed by atoms with Crippen LogP contribution in [0.1, 0.15) is 43.7 Å². The fourth-order valence-electron chi connectivity index (χ4n) is 4.50. The number of fused-ring (bicyclic) bond motifs is 1. The number of methoxy groups -OCH3 is 1. The quantitative estimate of drug-likeness (QED) is 0.509. The van der Waals surface area contributed by atoms with Gasteiger partial charge in [-0.1, -0.05) is 43.8 Å². The summed E-state index contributed by atoms with van der Waals surface area (Å²) in [5.74, 6) is 1.54. The van der Waals surface area contributed by atoms with E-state index in [9.17, 15) is 9.59 Å². The highest BCUT2D eigenvalue weighted by molar-refractivity contribution is 7.99. The Morgan fingerprint density at radius 3 is 2.69 bits per heavy atom. The summed E-state index contributed by atoms with van der Waals surface area (Å²) in [5.41, 5.74) is 2.40. The first-order chi connectivity index (χ1) is 15.2. The van der Waals surface area contributed by atoms with Gasteiger partial charge in [0.2, 0.25) is 0 Å². The lowest BCUT2D eigenvalue weighted by atomic mass is 9.69. The summed E-state index contributed by atoms with van der Waals surface area (Å²) in [6.45, 7) is 5.07. The van der Waals surface area contributed by atoms with E-state index in [-0.39, 0.29) is 16.8 Å². The van der Waals surface area contributed by atoms with Crippen LogP contribution in [-0.2, 0) is 4.79 Å². The van der Waals surface area contributed by atoms with Crippen molar-refractivity contribution in [3.05, 3.63) is 57.0 Å². The third kappa shape index (κ3) is 4.34. The number of aromatic nitrogens is 2. The number of anilines is 1. The summed E-state index contributed by atoms with van der Waals surface area (Å²) in [6.07, 6.45) is 1.16. The molecule has 1 aromatic carbocycles. The molecule has 0 fully saturated rings.